The minimum atomic E-state index is -0.951. The molecule has 1 unspecified atom stereocenters. The third kappa shape index (κ3) is 3.25. The van der Waals surface area contributed by atoms with Gasteiger partial charge in [0.15, 0.2) is 0 Å². The topological polar surface area (TPSA) is 78.4 Å². The second-order valence-corrected chi connectivity index (χ2v) is 5.91. The molecule has 0 saturated carbocycles. The van der Waals surface area contributed by atoms with Crippen LogP contribution in [0.3, 0.4) is 0 Å². The van der Waals surface area contributed by atoms with Crippen molar-refractivity contribution in [2.75, 3.05) is 5.32 Å². The van der Waals surface area contributed by atoms with Crippen LogP contribution in [0, 0.1) is 5.82 Å². The quantitative estimate of drug-likeness (QED) is 0.728. The molecular formula is C17H14ClFN2O3. The number of amides is 2. The predicted molar refractivity (Wildman–Crippen MR) is 87.1 cm³/mol. The highest BCUT2D eigenvalue weighted by Gasteiger charge is 2.33. The second-order valence-electron chi connectivity index (χ2n) is 5.50. The Morgan fingerprint density at radius 2 is 1.92 bits per heavy atom. The van der Waals surface area contributed by atoms with E-state index in [2.05, 4.69) is 10.6 Å². The highest BCUT2D eigenvalue weighted by atomic mass is 35.5. The summed E-state index contributed by atoms with van der Waals surface area (Å²) < 4.78 is 13.4. The number of halogens is 2. The summed E-state index contributed by atoms with van der Waals surface area (Å²) in [6.45, 7) is 0. The summed E-state index contributed by atoms with van der Waals surface area (Å²) in [4.78, 5) is 24.0. The Bertz CT molecular complexity index is 812. The van der Waals surface area contributed by atoms with Gasteiger partial charge in [0.2, 0.25) is 0 Å². The zero-order valence-electron chi connectivity index (χ0n) is 12.4. The zero-order valence-corrected chi connectivity index (χ0v) is 13.2. The number of carbonyl (C=O) groups excluding carboxylic acids is 2. The Morgan fingerprint density at radius 3 is 2.67 bits per heavy atom. The van der Waals surface area contributed by atoms with Gasteiger partial charge in [0.05, 0.1) is 17.2 Å². The molecule has 2 aromatic rings. The largest absolute Gasteiger partial charge is 0.390 e. The van der Waals surface area contributed by atoms with E-state index in [4.69, 9.17) is 11.6 Å². The van der Waals surface area contributed by atoms with E-state index in [1.54, 1.807) is 12.1 Å². The lowest BCUT2D eigenvalue weighted by Crippen LogP contribution is -2.40. The molecule has 24 heavy (non-hydrogen) atoms. The van der Waals surface area contributed by atoms with Gasteiger partial charge in [-0.3, -0.25) is 9.59 Å². The maximum Gasteiger partial charge on any atom is 0.313 e. The summed E-state index contributed by atoms with van der Waals surface area (Å²) in [7, 11) is 0. The van der Waals surface area contributed by atoms with Crippen LogP contribution in [-0.4, -0.2) is 23.0 Å². The highest BCUT2D eigenvalue weighted by Crippen LogP contribution is 2.31. The van der Waals surface area contributed by atoms with E-state index in [9.17, 15) is 19.1 Å². The van der Waals surface area contributed by atoms with Crippen molar-refractivity contribution >= 4 is 29.1 Å². The number of benzene rings is 2. The number of nitrogens with one attached hydrogen (secondary N) is 2. The van der Waals surface area contributed by atoms with Gasteiger partial charge >= 0.3 is 11.8 Å². The van der Waals surface area contributed by atoms with Crippen LogP contribution in [0.4, 0.5) is 10.1 Å². The molecule has 3 N–H and O–H groups in total. The van der Waals surface area contributed by atoms with Crippen LogP contribution in [0.1, 0.15) is 17.2 Å². The Morgan fingerprint density at radius 1 is 1.17 bits per heavy atom. The molecule has 2 amide bonds. The number of hydrogen-bond acceptors (Lipinski definition) is 3. The van der Waals surface area contributed by atoms with Crippen molar-refractivity contribution in [3.05, 3.63) is 64.4 Å². The average molecular weight is 349 g/mol. The third-order valence-electron chi connectivity index (χ3n) is 3.87. The first-order chi connectivity index (χ1) is 11.5. The second kappa shape index (κ2) is 6.59. The van der Waals surface area contributed by atoms with Crippen LogP contribution in [0.25, 0.3) is 0 Å². The first kappa shape index (κ1) is 16.4. The minimum absolute atomic E-state index is 0.0804. The molecule has 0 radical (unpaired) electrons. The monoisotopic (exact) mass is 348 g/mol. The van der Waals surface area contributed by atoms with E-state index in [1.807, 2.05) is 12.1 Å². The van der Waals surface area contributed by atoms with E-state index in [-0.39, 0.29) is 10.7 Å². The summed E-state index contributed by atoms with van der Waals surface area (Å²) >= 11 is 5.56. The van der Waals surface area contributed by atoms with Gasteiger partial charge in [-0.25, -0.2) is 4.39 Å². The first-order valence-corrected chi connectivity index (χ1v) is 7.66. The molecule has 0 bridgehead atoms. The molecule has 0 heterocycles. The van der Waals surface area contributed by atoms with Crippen molar-refractivity contribution in [1.82, 2.24) is 5.32 Å². The molecule has 7 heteroatoms. The molecule has 0 saturated heterocycles. The molecule has 1 aliphatic carbocycles. The van der Waals surface area contributed by atoms with Crippen LogP contribution < -0.4 is 10.6 Å². The fourth-order valence-corrected chi connectivity index (χ4v) is 2.83. The Hall–Kier alpha value is -2.44. The van der Waals surface area contributed by atoms with Gasteiger partial charge in [-0.05, 0) is 29.3 Å². The predicted octanol–water partition coefficient (Wildman–Crippen LogP) is 2.19. The van der Waals surface area contributed by atoms with Gasteiger partial charge in [0.1, 0.15) is 5.82 Å². The standard InChI is InChI=1S/C17H14ClFN2O3/c18-12-6-5-10(8-13(12)19)20-16(23)17(24)21-15-11-4-2-1-3-9(11)7-14(15)22/h1-6,8,14-15,22H,7H2,(H,20,23)(H,21,24)/t14-,15?/m1/s1. The smallest absolute Gasteiger partial charge is 0.313 e. The van der Waals surface area contributed by atoms with Crippen LogP contribution in [0.5, 0.6) is 0 Å². The summed E-state index contributed by atoms with van der Waals surface area (Å²) in [5, 5.41) is 14.8. The van der Waals surface area contributed by atoms with Crippen molar-refractivity contribution in [1.29, 1.82) is 0 Å². The molecule has 0 fully saturated rings. The number of carbonyl (C=O) groups is 2. The molecule has 0 aliphatic heterocycles. The first-order valence-electron chi connectivity index (χ1n) is 7.28. The molecule has 124 valence electrons. The molecule has 1 aliphatic rings. The number of aliphatic hydroxyl groups excluding tert-OH is 1. The Labute approximate surface area is 142 Å². The summed E-state index contributed by atoms with van der Waals surface area (Å²) in [5.41, 5.74) is 1.82. The number of rotatable bonds is 2. The SMILES string of the molecule is O=C(Nc1ccc(Cl)c(F)c1)C(=O)NC1c2ccccc2C[C@H]1O. The molecule has 5 nitrogen and oxygen atoms in total. The lowest BCUT2D eigenvalue weighted by molar-refractivity contribution is -0.137. The van der Waals surface area contributed by atoms with Crippen molar-refractivity contribution in [3.63, 3.8) is 0 Å². The van der Waals surface area contributed by atoms with E-state index in [0.29, 0.717) is 6.42 Å². The van der Waals surface area contributed by atoms with Gasteiger partial charge in [0, 0.05) is 12.1 Å². The normalized spacial score (nSPS) is 18.8. The lowest BCUT2D eigenvalue weighted by atomic mass is 10.1. The van der Waals surface area contributed by atoms with Gasteiger partial charge in [-0.2, -0.15) is 0 Å². The minimum Gasteiger partial charge on any atom is -0.390 e. The van der Waals surface area contributed by atoms with Crippen LogP contribution in [-0.2, 0) is 16.0 Å². The van der Waals surface area contributed by atoms with Crippen molar-refractivity contribution in [2.24, 2.45) is 0 Å². The number of anilines is 1. The fraction of sp³-hybridized carbons (Fsp3) is 0.176. The lowest BCUT2D eigenvalue weighted by Gasteiger charge is -2.17. The Balaban J connectivity index is 1.68. The van der Waals surface area contributed by atoms with Gasteiger partial charge < -0.3 is 15.7 Å². The zero-order chi connectivity index (χ0) is 17.3. The van der Waals surface area contributed by atoms with Crippen molar-refractivity contribution in [3.8, 4) is 0 Å². The van der Waals surface area contributed by atoms with E-state index in [0.717, 1.165) is 17.2 Å². The molecule has 2 atom stereocenters. The summed E-state index contributed by atoms with van der Waals surface area (Å²) in [6, 6.07) is 10.3. The summed E-state index contributed by atoms with van der Waals surface area (Å²) in [6.07, 6.45) is -0.391. The van der Waals surface area contributed by atoms with E-state index < -0.39 is 29.8 Å². The number of fused-ring (bicyclic) bond motifs is 1. The fourth-order valence-electron chi connectivity index (χ4n) is 2.72. The molecule has 2 aromatic carbocycles. The molecule has 3 rings (SSSR count). The van der Waals surface area contributed by atoms with Gasteiger partial charge in [0.25, 0.3) is 0 Å². The van der Waals surface area contributed by atoms with E-state index in [1.165, 1.54) is 12.1 Å². The Kier molecular flexibility index (Phi) is 4.51. The highest BCUT2D eigenvalue weighted by molar-refractivity contribution is 6.39. The molecule has 0 spiro atoms. The molecular weight excluding hydrogens is 335 g/mol. The average Bonchev–Trinajstić information content (AvgIpc) is 2.87. The maximum atomic E-state index is 13.4. The van der Waals surface area contributed by atoms with Crippen molar-refractivity contribution < 1.29 is 19.1 Å². The van der Waals surface area contributed by atoms with Gasteiger partial charge in [-0.15, -0.1) is 0 Å². The number of hydrogen-bond donors (Lipinski definition) is 3. The van der Waals surface area contributed by atoms with Crippen molar-refractivity contribution in [2.45, 2.75) is 18.6 Å². The summed E-state index contributed by atoms with van der Waals surface area (Å²) in [5.74, 6) is -2.56. The number of aliphatic hydroxyl groups is 1. The van der Waals surface area contributed by atoms with Crippen LogP contribution >= 0.6 is 11.6 Å². The third-order valence-corrected chi connectivity index (χ3v) is 4.18. The maximum absolute atomic E-state index is 13.4. The molecule has 0 aromatic heterocycles. The van der Waals surface area contributed by atoms with E-state index >= 15 is 0 Å². The van der Waals surface area contributed by atoms with Crippen LogP contribution in [0.15, 0.2) is 42.5 Å². The van der Waals surface area contributed by atoms with Gasteiger partial charge in [-0.1, -0.05) is 35.9 Å². The van der Waals surface area contributed by atoms with Crippen LogP contribution in [0.2, 0.25) is 5.02 Å².